The van der Waals surface area contributed by atoms with Crippen molar-refractivity contribution in [2.75, 3.05) is 29.2 Å². The molecule has 0 aliphatic rings. The molecule has 3 heterocycles. The van der Waals surface area contributed by atoms with Gasteiger partial charge in [0, 0.05) is 23.7 Å². The van der Waals surface area contributed by atoms with Gasteiger partial charge >= 0.3 is 0 Å². The molecule has 0 radical (unpaired) electrons. The van der Waals surface area contributed by atoms with Crippen molar-refractivity contribution in [3.05, 3.63) is 77.0 Å². The summed E-state index contributed by atoms with van der Waals surface area (Å²) < 4.78 is 1.69. The largest absolute Gasteiger partial charge is 0.368 e. The summed E-state index contributed by atoms with van der Waals surface area (Å²) in [6.45, 7) is 1.09. The van der Waals surface area contributed by atoms with Crippen LogP contribution < -0.4 is 16.1 Å². The van der Waals surface area contributed by atoms with E-state index in [4.69, 9.17) is 33.4 Å². The number of benzene rings is 2. The highest BCUT2D eigenvalue weighted by Crippen LogP contribution is 2.33. The minimum Gasteiger partial charge on any atom is -0.368 e. The first kappa shape index (κ1) is 22.8. The first-order valence-electron chi connectivity index (χ1n) is 10.6. The van der Waals surface area contributed by atoms with E-state index in [2.05, 4.69) is 30.9 Å². The minimum atomic E-state index is 0.425. The number of para-hydroxylation sites is 1. The lowest BCUT2D eigenvalue weighted by Crippen LogP contribution is -2.16. The molecule has 176 valence electrons. The standard InChI is InChI=1S/C23H19Cl2N9O/c24-14-5-7-16(17(25)11-14)22-20(34-19-4-2-1-3-18(19)31-33-34)13-29-23(30-22)27-10-9-26-21-8-6-15(32-35)12-28-21/h1-8,11-13,32,35H,9-10H2,(H,26,28)(H,27,29,30). The van der Waals surface area contributed by atoms with Crippen LogP contribution in [0, 0.1) is 0 Å². The predicted octanol–water partition coefficient (Wildman–Crippen LogP) is 4.90. The average molecular weight is 508 g/mol. The van der Waals surface area contributed by atoms with Crippen LogP contribution in [0.3, 0.4) is 0 Å². The van der Waals surface area contributed by atoms with Crippen LogP contribution in [0.4, 0.5) is 17.5 Å². The van der Waals surface area contributed by atoms with Crippen LogP contribution in [0.1, 0.15) is 0 Å². The summed E-state index contributed by atoms with van der Waals surface area (Å²) in [6.07, 6.45) is 3.21. The SMILES string of the molecule is ONc1ccc(NCCNc2ncc(-n3nnc4ccccc43)c(-c3ccc(Cl)cc3Cl)n2)nc1. The molecule has 3 aromatic heterocycles. The van der Waals surface area contributed by atoms with Crippen molar-refractivity contribution in [1.82, 2.24) is 29.9 Å². The number of aromatic nitrogens is 6. The highest BCUT2D eigenvalue weighted by atomic mass is 35.5. The average Bonchev–Trinajstić information content (AvgIpc) is 3.31. The number of pyridine rings is 1. The summed E-state index contributed by atoms with van der Waals surface area (Å²) in [6, 6.07) is 16.4. The highest BCUT2D eigenvalue weighted by molar-refractivity contribution is 6.36. The molecule has 35 heavy (non-hydrogen) atoms. The minimum absolute atomic E-state index is 0.425. The lowest BCUT2D eigenvalue weighted by atomic mass is 10.1. The summed E-state index contributed by atoms with van der Waals surface area (Å²) in [7, 11) is 0. The van der Waals surface area contributed by atoms with Crippen LogP contribution >= 0.6 is 23.2 Å². The molecule has 2 aromatic carbocycles. The van der Waals surface area contributed by atoms with Gasteiger partial charge in [-0.1, -0.05) is 40.5 Å². The highest BCUT2D eigenvalue weighted by Gasteiger charge is 2.17. The smallest absolute Gasteiger partial charge is 0.223 e. The van der Waals surface area contributed by atoms with E-state index in [0.717, 1.165) is 11.0 Å². The van der Waals surface area contributed by atoms with Crippen LogP contribution in [0.25, 0.3) is 28.0 Å². The Kier molecular flexibility index (Phi) is 6.57. The van der Waals surface area contributed by atoms with Gasteiger partial charge in [0.15, 0.2) is 0 Å². The maximum absolute atomic E-state index is 8.88. The van der Waals surface area contributed by atoms with E-state index in [-0.39, 0.29) is 0 Å². The Morgan fingerprint density at radius 2 is 1.77 bits per heavy atom. The van der Waals surface area contributed by atoms with Gasteiger partial charge in [-0.25, -0.2) is 19.6 Å². The maximum Gasteiger partial charge on any atom is 0.223 e. The van der Waals surface area contributed by atoms with Crippen LogP contribution in [0.15, 0.2) is 67.0 Å². The molecule has 4 N–H and O–H groups in total. The number of anilines is 3. The van der Waals surface area contributed by atoms with Crippen molar-refractivity contribution in [2.45, 2.75) is 0 Å². The van der Waals surface area contributed by atoms with E-state index >= 15 is 0 Å². The summed E-state index contributed by atoms with van der Waals surface area (Å²) in [5.41, 5.74) is 6.04. The van der Waals surface area contributed by atoms with E-state index in [1.165, 1.54) is 6.20 Å². The fourth-order valence-corrected chi connectivity index (χ4v) is 3.97. The molecule has 0 atom stereocenters. The Hall–Kier alpha value is -3.99. The molecular formula is C23H19Cl2N9O. The van der Waals surface area contributed by atoms with Gasteiger partial charge in [-0.05, 0) is 42.5 Å². The number of nitrogens with one attached hydrogen (secondary N) is 3. The lowest BCUT2D eigenvalue weighted by Gasteiger charge is -2.13. The summed E-state index contributed by atoms with van der Waals surface area (Å²) in [5, 5.41) is 24.8. The first-order chi connectivity index (χ1) is 17.1. The zero-order chi connectivity index (χ0) is 24.2. The predicted molar refractivity (Wildman–Crippen MR) is 137 cm³/mol. The van der Waals surface area contributed by atoms with Gasteiger partial charge in [0.05, 0.1) is 28.6 Å². The lowest BCUT2D eigenvalue weighted by molar-refractivity contribution is 0.388. The first-order valence-corrected chi connectivity index (χ1v) is 11.3. The number of fused-ring (bicyclic) bond motifs is 1. The van der Waals surface area contributed by atoms with E-state index in [1.54, 1.807) is 35.1 Å². The van der Waals surface area contributed by atoms with Gasteiger partial charge in [0.25, 0.3) is 0 Å². The fourth-order valence-electron chi connectivity index (χ4n) is 3.47. The van der Waals surface area contributed by atoms with Gasteiger partial charge in [0.2, 0.25) is 5.95 Å². The van der Waals surface area contributed by atoms with Crippen molar-refractivity contribution < 1.29 is 5.21 Å². The number of halogens is 2. The van der Waals surface area contributed by atoms with Gasteiger partial charge in [-0.3, -0.25) is 10.7 Å². The van der Waals surface area contributed by atoms with E-state index < -0.39 is 0 Å². The van der Waals surface area contributed by atoms with Crippen molar-refractivity contribution in [3.8, 4) is 16.9 Å². The second-order valence-corrected chi connectivity index (χ2v) is 8.28. The van der Waals surface area contributed by atoms with Crippen molar-refractivity contribution >= 4 is 51.7 Å². The number of rotatable bonds is 8. The molecule has 5 aromatic rings. The molecule has 0 bridgehead atoms. The monoisotopic (exact) mass is 507 g/mol. The molecule has 0 saturated carbocycles. The molecular weight excluding hydrogens is 489 g/mol. The van der Waals surface area contributed by atoms with Gasteiger partial charge in [0.1, 0.15) is 22.7 Å². The Morgan fingerprint density at radius 1 is 0.914 bits per heavy atom. The summed E-state index contributed by atoms with van der Waals surface area (Å²) >= 11 is 12.7. The molecule has 5 rings (SSSR count). The second-order valence-electron chi connectivity index (χ2n) is 7.44. The molecule has 0 aliphatic heterocycles. The molecule has 0 spiro atoms. The number of hydrogen-bond acceptors (Lipinski definition) is 9. The molecule has 0 fully saturated rings. The quantitative estimate of drug-likeness (QED) is 0.171. The summed E-state index contributed by atoms with van der Waals surface area (Å²) in [4.78, 5) is 13.4. The number of nitrogens with zero attached hydrogens (tertiary/aromatic N) is 6. The van der Waals surface area contributed by atoms with Crippen LogP contribution in [0.2, 0.25) is 10.0 Å². The van der Waals surface area contributed by atoms with Crippen molar-refractivity contribution in [1.29, 1.82) is 0 Å². The van der Waals surface area contributed by atoms with Crippen LogP contribution in [-0.2, 0) is 0 Å². The Morgan fingerprint density at radius 3 is 2.57 bits per heavy atom. The van der Waals surface area contributed by atoms with E-state index in [9.17, 15) is 0 Å². The second kappa shape index (κ2) is 10.1. The Bertz CT molecular complexity index is 1470. The van der Waals surface area contributed by atoms with Gasteiger partial charge in [-0.15, -0.1) is 5.10 Å². The van der Waals surface area contributed by atoms with Crippen molar-refractivity contribution in [3.63, 3.8) is 0 Å². The zero-order valence-electron chi connectivity index (χ0n) is 18.2. The van der Waals surface area contributed by atoms with E-state index in [1.807, 2.05) is 35.8 Å². The van der Waals surface area contributed by atoms with Gasteiger partial charge in [-0.2, -0.15) is 0 Å². The number of hydrogen-bond donors (Lipinski definition) is 4. The fraction of sp³-hybridized carbons (Fsp3) is 0.0870. The normalized spacial score (nSPS) is 10.9. The maximum atomic E-state index is 8.88. The van der Waals surface area contributed by atoms with Crippen LogP contribution in [0.5, 0.6) is 0 Å². The molecule has 0 unspecified atom stereocenters. The molecule has 12 heteroatoms. The third-order valence-electron chi connectivity index (χ3n) is 5.14. The third-order valence-corrected chi connectivity index (χ3v) is 5.69. The Balaban J connectivity index is 1.41. The molecule has 0 saturated heterocycles. The zero-order valence-corrected chi connectivity index (χ0v) is 19.7. The molecule has 0 amide bonds. The third kappa shape index (κ3) is 4.94. The van der Waals surface area contributed by atoms with E-state index in [0.29, 0.717) is 57.5 Å². The molecule has 10 nitrogen and oxygen atoms in total. The molecule has 0 aliphatic carbocycles. The van der Waals surface area contributed by atoms with Crippen molar-refractivity contribution in [2.24, 2.45) is 0 Å². The Labute approximate surface area is 209 Å². The van der Waals surface area contributed by atoms with Gasteiger partial charge < -0.3 is 10.6 Å². The topological polar surface area (TPSA) is 126 Å². The summed E-state index contributed by atoms with van der Waals surface area (Å²) in [5.74, 6) is 1.10. The van der Waals surface area contributed by atoms with Crippen LogP contribution in [-0.4, -0.2) is 48.2 Å².